The Morgan fingerprint density at radius 2 is 1.81 bits per heavy atom. The molecule has 0 saturated carbocycles. The van der Waals surface area contributed by atoms with Crippen LogP contribution < -0.4 is 20.4 Å². The first kappa shape index (κ1) is 24.5. The van der Waals surface area contributed by atoms with Crippen molar-refractivity contribution in [2.75, 3.05) is 48.9 Å². The van der Waals surface area contributed by atoms with Crippen LogP contribution in [0.2, 0.25) is 0 Å². The van der Waals surface area contributed by atoms with E-state index < -0.39 is 17.5 Å². The molecule has 11 heteroatoms. The number of carbonyl (C=O) groups is 1. The molecule has 9 nitrogen and oxygen atoms in total. The predicted molar refractivity (Wildman–Crippen MR) is 138 cm³/mol. The molecule has 0 radical (unpaired) electrons. The van der Waals surface area contributed by atoms with Gasteiger partial charge < -0.3 is 30.5 Å². The summed E-state index contributed by atoms with van der Waals surface area (Å²) in [6.07, 6.45) is 0. The van der Waals surface area contributed by atoms with Crippen molar-refractivity contribution in [1.29, 1.82) is 0 Å². The average molecular weight is 508 g/mol. The number of aromatic nitrogens is 2. The van der Waals surface area contributed by atoms with Gasteiger partial charge in [-0.2, -0.15) is 5.10 Å². The zero-order chi connectivity index (χ0) is 25.9. The Hall–Kier alpha value is -4.22. The number of likely N-dealkylation sites (N-methyl/N-ethyl adjacent to an activating group) is 1. The summed E-state index contributed by atoms with van der Waals surface area (Å²) < 4.78 is 32.6. The molecule has 0 bridgehead atoms. The number of ether oxygens (including phenoxy) is 1. The number of nitrogens with one attached hydrogen (secondary N) is 3. The Morgan fingerprint density at radius 1 is 1.05 bits per heavy atom. The number of hydrogen-bond donors (Lipinski definition) is 3. The molecule has 0 atom stereocenters. The highest BCUT2D eigenvalue weighted by atomic mass is 19.1. The number of carbonyl (C=O) groups excluding carboxylic acids is 1. The number of anilines is 3. The third kappa shape index (κ3) is 5.47. The molecule has 4 aromatic rings. The highest BCUT2D eigenvalue weighted by molar-refractivity contribution is 6.11. The maximum atomic E-state index is 13.4. The lowest BCUT2D eigenvalue weighted by atomic mass is 10.1. The van der Waals surface area contributed by atoms with Gasteiger partial charge in [-0.05, 0) is 61.1 Å². The van der Waals surface area contributed by atoms with Crippen molar-refractivity contribution in [2.45, 2.75) is 6.61 Å². The van der Waals surface area contributed by atoms with Crippen LogP contribution in [-0.2, 0) is 6.61 Å². The zero-order valence-corrected chi connectivity index (χ0v) is 20.1. The van der Waals surface area contributed by atoms with Crippen LogP contribution >= 0.6 is 0 Å². The van der Waals surface area contributed by atoms with Crippen molar-refractivity contribution in [1.82, 2.24) is 15.1 Å². The molecule has 37 heavy (non-hydrogen) atoms. The maximum Gasteiger partial charge on any atom is 0.258 e. The van der Waals surface area contributed by atoms with Crippen molar-refractivity contribution >= 4 is 34.0 Å². The number of aromatic amines is 1. The van der Waals surface area contributed by atoms with Crippen molar-refractivity contribution in [3.8, 4) is 5.75 Å². The molecular weight excluding hydrogens is 482 g/mol. The molecule has 192 valence electrons. The first-order valence-corrected chi connectivity index (χ1v) is 11.7. The van der Waals surface area contributed by atoms with E-state index in [1.807, 2.05) is 11.5 Å². The standard InChI is InChI=1S/C26H25F2N6O3/c1-33-6-8-34(9-7-33)19-2-4-21(24(13-19)32-36)26(35)29-25-22-14-20(3-5-23(22)30-31-25)37-15-16-10-17(27)12-18(28)11-16/h2-5,10-14,32H,6-9,15H2,1H3,(H2,29,30,31,35)/q-1. The fourth-order valence-electron chi connectivity index (χ4n) is 4.29. The number of rotatable bonds is 7. The van der Waals surface area contributed by atoms with Crippen molar-refractivity contribution in [3.05, 3.63) is 82.6 Å². The van der Waals surface area contributed by atoms with E-state index in [0.717, 1.165) is 37.9 Å². The highest BCUT2D eigenvalue weighted by Crippen LogP contribution is 2.29. The van der Waals surface area contributed by atoms with Crippen molar-refractivity contribution < 1.29 is 18.3 Å². The molecule has 0 aliphatic carbocycles. The van der Waals surface area contributed by atoms with E-state index >= 15 is 0 Å². The van der Waals surface area contributed by atoms with E-state index in [4.69, 9.17) is 4.74 Å². The van der Waals surface area contributed by atoms with Gasteiger partial charge in [0, 0.05) is 49.0 Å². The third-order valence-corrected chi connectivity index (χ3v) is 6.32. The number of piperazine rings is 1. The topological polar surface area (TPSA) is 109 Å². The number of fused-ring (bicyclic) bond motifs is 1. The Labute approximate surface area is 211 Å². The summed E-state index contributed by atoms with van der Waals surface area (Å²) in [7, 11) is 2.06. The molecule has 5 rings (SSSR count). The lowest BCUT2D eigenvalue weighted by molar-refractivity contribution is 0.102. The van der Waals surface area contributed by atoms with Gasteiger partial charge in [0.2, 0.25) is 0 Å². The first-order chi connectivity index (χ1) is 17.9. The molecule has 1 amide bonds. The number of benzene rings is 3. The summed E-state index contributed by atoms with van der Waals surface area (Å²) in [6, 6.07) is 13.4. The highest BCUT2D eigenvalue weighted by Gasteiger charge is 2.18. The van der Waals surface area contributed by atoms with Crippen LogP contribution in [-0.4, -0.2) is 54.2 Å². The zero-order valence-electron chi connectivity index (χ0n) is 20.1. The second kappa shape index (κ2) is 10.4. The smallest absolute Gasteiger partial charge is 0.258 e. The van der Waals surface area contributed by atoms with Gasteiger partial charge in [-0.15, -0.1) is 0 Å². The Bertz CT molecular complexity index is 1420. The Morgan fingerprint density at radius 3 is 2.54 bits per heavy atom. The third-order valence-electron chi connectivity index (χ3n) is 6.32. The minimum Gasteiger partial charge on any atom is -0.761 e. The number of halogens is 2. The number of nitrogens with zero attached hydrogens (tertiary/aromatic N) is 3. The summed E-state index contributed by atoms with van der Waals surface area (Å²) in [5, 5.41) is 22.0. The fraction of sp³-hybridized carbons (Fsp3) is 0.231. The summed E-state index contributed by atoms with van der Waals surface area (Å²) in [5.41, 5.74) is 4.09. The van der Waals surface area contributed by atoms with Gasteiger partial charge in [0.1, 0.15) is 24.0 Å². The molecule has 1 fully saturated rings. The Balaban J connectivity index is 1.32. The van der Waals surface area contributed by atoms with Gasteiger partial charge in [-0.25, -0.2) is 8.78 Å². The molecule has 1 aliphatic heterocycles. The SMILES string of the molecule is CN1CCN(c2ccc(C(=O)Nc3n[nH]c4ccc(OCc5cc(F)cc(F)c5)cc34)c(N[O-])c2)CC1. The second-order valence-electron chi connectivity index (χ2n) is 8.92. The molecule has 2 heterocycles. The van der Waals surface area contributed by atoms with Crippen LogP contribution in [0.4, 0.5) is 26.0 Å². The second-order valence-corrected chi connectivity index (χ2v) is 8.92. The molecular formula is C26H25F2N6O3-. The van der Waals surface area contributed by atoms with Crippen LogP contribution in [0.5, 0.6) is 5.75 Å². The molecule has 3 N–H and O–H groups in total. The molecule has 3 aromatic carbocycles. The van der Waals surface area contributed by atoms with Crippen LogP contribution in [0.15, 0.2) is 54.6 Å². The number of hydrogen-bond acceptors (Lipinski definition) is 7. The maximum absolute atomic E-state index is 13.4. The number of amides is 1. The van der Waals surface area contributed by atoms with E-state index in [1.165, 1.54) is 12.1 Å². The molecule has 1 aliphatic rings. The van der Waals surface area contributed by atoms with Gasteiger partial charge in [-0.1, -0.05) is 0 Å². The lowest BCUT2D eigenvalue weighted by Gasteiger charge is -2.34. The van der Waals surface area contributed by atoms with Crippen LogP contribution in [0.3, 0.4) is 0 Å². The molecule has 1 aromatic heterocycles. The number of H-pyrrole nitrogens is 1. The van der Waals surface area contributed by atoms with E-state index in [1.54, 1.807) is 30.3 Å². The average Bonchev–Trinajstić information content (AvgIpc) is 3.28. The summed E-state index contributed by atoms with van der Waals surface area (Å²) in [4.78, 5) is 17.5. The predicted octanol–water partition coefficient (Wildman–Crippen LogP) is 4.33. The van der Waals surface area contributed by atoms with Crippen LogP contribution in [0.25, 0.3) is 10.9 Å². The van der Waals surface area contributed by atoms with Gasteiger partial charge >= 0.3 is 0 Å². The quantitative estimate of drug-likeness (QED) is 0.320. The normalized spacial score (nSPS) is 14.1. The van der Waals surface area contributed by atoms with E-state index in [2.05, 4.69) is 32.4 Å². The minimum atomic E-state index is -0.683. The van der Waals surface area contributed by atoms with Crippen LogP contribution in [0.1, 0.15) is 15.9 Å². The van der Waals surface area contributed by atoms with Gasteiger partial charge in [-0.3, -0.25) is 9.89 Å². The lowest BCUT2D eigenvalue weighted by Crippen LogP contribution is -2.44. The summed E-state index contributed by atoms with van der Waals surface area (Å²) in [5.74, 6) is -1.19. The van der Waals surface area contributed by atoms with E-state index in [0.29, 0.717) is 22.2 Å². The van der Waals surface area contributed by atoms with Gasteiger partial charge in [0.25, 0.3) is 5.91 Å². The van der Waals surface area contributed by atoms with Crippen molar-refractivity contribution in [2.24, 2.45) is 0 Å². The first-order valence-electron chi connectivity index (χ1n) is 11.7. The molecule has 0 spiro atoms. The van der Waals surface area contributed by atoms with Gasteiger partial charge in [0.05, 0.1) is 11.1 Å². The van der Waals surface area contributed by atoms with E-state index in [-0.39, 0.29) is 23.7 Å². The molecule has 1 saturated heterocycles. The van der Waals surface area contributed by atoms with Crippen LogP contribution in [0, 0.1) is 16.8 Å². The largest absolute Gasteiger partial charge is 0.761 e. The summed E-state index contributed by atoms with van der Waals surface area (Å²) >= 11 is 0. The minimum absolute atomic E-state index is 0.0437. The molecule has 0 unspecified atom stereocenters. The van der Waals surface area contributed by atoms with Crippen molar-refractivity contribution in [3.63, 3.8) is 0 Å². The fourth-order valence-corrected chi connectivity index (χ4v) is 4.29. The summed E-state index contributed by atoms with van der Waals surface area (Å²) in [6.45, 7) is 3.45. The Kier molecular flexibility index (Phi) is 6.89. The van der Waals surface area contributed by atoms with E-state index in [9.17, 15) is 18.8 Å². The van der Waals surface area contributed by atoms with Gasteiger partial charge in [0.15, 0.2) is 5.82 Å². The monoisotopic (exact) mass is 507 g/mol.